The lowest BCUT2D eigenvalue weighted by molar-refractivity contribution is -0.384. The fourth-order valence-electron chi connectivity index (χ4n) is 1.90. The Kier molecular flexibility index (Phi) is 5.48. The molecule has 1 amide bonds. The molecule has 0 heterocycles. The Labute approximate surface area is 137 Å². The number of rotatable bonds is 6. The van der Waals surface area contributed by atoms with E-state index in [0.717, 1.165) is 4.90 Å². The maximum atomic E-state index is 12.0. The molecule has 2 rings (SSSR count). The highest BCUT2D eigenvalue weighted by atomic mass is 32.2. The van der Waals surface area contributed by atoms with Crippen molar-refractivity contribution in [2.75, 3.05) is 11.1 Å². The van der Waals surface area contributed by atoms with Gasteiger partial charge in [0.05, 0.1) is 16.4 Å². The molecular formula is C16H14N2O4S. The van der Waals surface area contributed by atoms with Crippen LogP contribution in [0.1, 0.15) is 17.3 Å². The van der Waals surface area contributed by atoms with Crippen molar-refractivity contribution in [1.29, 1.82) is 0 Å². The summed E-state index contributed by atoms with van der Waals surface area (Å²) in [7, 11) is 0. The average molecular weight is 330 g/mol. The maximum absolute atomic E-state index is 12.0. The summed E-state index contributed by atoms with van der Waals surface area (Å²) >= 11 is 1.26. The summed E-state index contributed by atoms with van der Waals surface area (Å²) in [5.74, 6) is -0.227. The normalized spacial score (nSPS) is 10.1. The van der Waals surface area contributed by atoms with Crippen molar-refractivity contribution in [3.8, 4) is 0 Å². The number of thioether (sulfide) groups is 1. The number of nitro groups is 1. The van der Waals surface area contributed by atoms with Gasteiger partial charge in [-0.2, -0.15) is 0 Å². The molecule has 6 nitrogen and oxygen atoms in total. The van der Waals surface area contributed by atoms with Crippen LogP contribution in [0, 0.1) is 10.1 Å². The molecule has 0 aliphatic rings. The number of benzene rings is 2. The number of hydrogen-bond acceptors (Lipinski definition) is 5. The van der Waals surface area contributed by atoms with Gasteiger partial charge in [0.25, 0.3) is 5.69 Å². The smallest absolute Gasteiger partial charge is 0.269 e. The molecule has 23 heavy (non-hydrogen) atoms. The maximum Gasteiger partial charge on any atom is 0.269 e. The number of Topliss-reactive ketones (excluding diaryl/α,β-unsaturated/α-hetero) is 1. The fraction of sp³-hybridized carbons (Fsp3) is 0.125. The van der Waals surface area contributed by atoms with Gasteiger partial charge in [-0.05, 0) is 31.2 Å². The number of hydrogen-bond donors (Lipinski definition) is 1. The quantitative estimate of drug-likeness (QED) is 0.379. The van der Waals surface area contributed by atoms with Gasteiger partial charge in [-0.3, -0.25) is 19.7 Å². The first kappa shape index (κ1) is 16.7. The van der Waals surface area contributed by atoms with E-state index < -0.39 is 4.92 Å². The first-order valence-corrected chi connectivity index (χ1v) is 7.73. The molecule has 0 aliphatic heterocycles. The third-order valence-corrected chi connectivity index (χ3v) is 4.01. The summed E-state index contributed by atoms with van der Waals surface area (Å²) in [6, 6.07) is 12.8. The zero-order valence-corrected chi connectivity index (χ0v) is 13.1. The number of non-ortho nitro benzene ring substituents is 1. The van der Waals surface area contributed by atoms with Crippen LogP contribution in [0.3, 0.4) is 0 Å². The molecule has 2 aromatic carbocycles. The number of amides is 1. The second-order valence-electron chi connectivity index (χ2n) is 4.69. The summed E-state index contributed by atoms with van der Waals surface area (Å²) in [6.07, 6.45) is 0. The lowest BCUT2D eigenvalue weighted by Gasteiger charge is -2.08. The second-order valence-corrected chi connectivity index (χ2v) is 5.74. The van der Waals surface area contributed by atoms with Crippen molar-refractivity contribution < 1.29 is 14.5 Å². The highest BCUT2D eigenvalue weighted by Gasteiger charge is 2.10. The van der Waals surface area contributed by atoms with Gasteiger partial charge < -0.3 is 5.32 Å². The molecule has 0 saturated carbocycles. The first-order chi connectivity index (χ1) is 11.0. The fourth-order valence-corrected chi connectivity index (χ4v) is 2.60. The highest BCUT2D eigenvalue weighted by Crippen LogP contribution is 2.22. The van der Waals surface area contributed by atoms with Crippen LogP contribution < -0.4 is 5.32 Å². The number of ketones is 1. The summed E-state index contributed by atoms with van der Waals surface area (Å²) in [4.78, 5) is 34.3. The predicted octanol–water partition coefficient (Wildman–Crippen LogP) is 3.53. The number of nitrogens with one attached hydrogen (secondary N) is 1. The monoisotopic (exact) mass is 330 g/mol. The lowest BCUT2D eigenvalue weighted by Crippen LogP contribution is -2.16. The van der Waals surface area contributed by atoms with Crippen molar-refractivity contribution in [2.24, 2.45) is 0 Å². The molecule has 118 valence electrons. The van der Waals surface area contributed by atoms with E-state index in [1.54, 1.807) is 36.4 Å². The van der Waals surface area contributed by atoms with Crippen molar-refractivity contribution in [3.05, 3.63) is 64.2 Å². The van der Waals surface area contributed by atoms with Crippen molar-refractivity contribution >= 4 is 34.8 Å². The van der Waals surface area contributed by atoms with Gasteiger partial charge in [0.2, 0.25) is 5.91 Å². The molecule has 0 fully saturated rings. The molecule has 7 heteroatoms. The van der Waals surface area contributed by atoms with E-state index in [2.05, 4.69) is 5.32 Å². The molecule has 0 aliphatic carbocycles. The molecule has 0 bridgehead atoms. The molecule has 2 aromatic rings. The average Bonchev–Trinajstić information content (AvgIpc) is 2.53. The predicted molar refractivity (Wildman–Crippen MR) is 88.9 cm³/mol. The van der Waals surface area contributed by atoms with E-state index in [-0.39, 0.29) is 23.1 Å². The number of carbonyl (C=O) groups excluding carboxylic acids is 2. The summed E-state index contributed by atoms with van der Waals surface area (Å²) < 4.78 is 0. The van der Waals surface area contributed by atoms with Crippen molar-refractivity contribution in [3.63, 3.8) is 0 Å². The number of nitrogens with zero attached hydrogens (tertiary/aromatic N) is 1. The minimum atomic E-state index is -0.472. The van der Waals surface area contributed by atoms with Gasteiger partial charge in [0.1, 0.15) is 0 Å². The minimum absolute atomic E-state index is 0.00851. The molecular weight excluding hydrogens is 316 g/mol. The van der Waals surface area contributed by atoms with Crippen LogP contribution in [0.2, 0.25) is 0 Å². The lowest BCUT2D eigenvalue weighted by atomic mass is 10.1. The van der Waals surface area contributed by atoms with Crippen molar-refractivity contribution in [2.45, 2.75) is 11.8 Å². The van der Waals surface area contributed by atoms with Gasteiger partial charge in [0.15, 0.2) is 5.78 Å². The molecule has 0 atom stereocenters. The molecule has 0 aromatic heterocycles. The van der Waals surface area contributed by atoms with E-state index >= 15 is 0 Å². The van der Waals surface area contributed by atoms with Crippen LogP contribution in [0.4, 0.5) is 11.4 Å². The third-order valence-electron chi connectivity index (χ3n) is 3.00. The van der Waals surface area contributed by atoms with Gasteiger partial charge in [-0.15, -0.1) is 11.8 Å². The topological polar surface area (TPSA) is 89.3 Å². The van der Waals surface area contributed by atoms with Gasteiger partial charge in [0, 0.05) is 22.6 Å². The van der Waals surface area contributed by atoms with Gasteiger partial charge >= 0.3 is 0 Å². The Morgan fingerprint density at radius 2 is 1.78 bits per heavy atom. The number of para-hydroxylation sites is 1. The molecule has 0 spiro atoms. The van der Waals surface area contributed by atoms with Crippen LogP contribution in [0.25, 0.3) is 0 Å². The summed E-state index contributed by atoms with van der Waals surface area (Å²) in [6.45, 7) is 1.44. The zero-order chi connectivity index (χ0) is 16.8. The van der Waals surface area contributed by atoms with Crippen LogP contribution in [-0.2, 0) is 4.79 Å². The zero-order valence-electron chi connectivity index (χ0n) is 12.3. The van der Waals surface area contributed by atoms with Crippen LogP contribution in [-0.4, -0.2) is 22.4 Å². The van der Waals surface area contributed by atoms with E-state index in [1.807, 2.05) is 0 Å². The van der Waals surface area contributed by atoms with Gasteiger partial charge in [-0.25, -0.2) is 0 Å². The van der Waals surface area contributed by atoms with E-state index in [0.29, 0.717) is 11.3 Å². The number of anilines is 1. The molecule has 0 saturated heterocycles. The second kappa shape index (κ2) is 7.55. The highest BCUT2D eigenvalue weighted by molar-refractivity contribution is 8.00. The Bertz CT molecular complexity index is 744. The number of nitro benzene ring substituents is 1. The Balaban J connectivity index is 1.95. The van der Waals surface area contributed by atoms with E-state index in [9.17, 15) is 19.7 Å². The van der Waals surface area contributed by atoms with Crippen molar-refractivity contribution in [1.82, 2.24) is 0 Å². The van der Waals surface area contributed by atoms with E-state index in [4.69, 9.17) is 0 Å². The third kappa shape index (κ3) is 4.65. The Hall–Kier alpha value is -2.67. The van der Waals surface area contributed by atoms with Crippen LogP contribution >= 0.6 is 11.8 Å². The van der Waals surface area contributed by atoms with Crippen LogP contribution in [0.5, 0.6) is 0 Å². The molecule has 0 radical (unpaired) electrons. The van der Waals surface area contributed by atoms with E-state index in [1.165, 1.54) is 30.8 Å². The Morgan fingerprint density at radius 1 is 1.13 bits per heavy atom. The number of carbonyl (C=O) groups is 2. The summed E-state index contributed by atoms with van der Waals surface area (Å²) in [5.41, 5.74) is 0.949. The van der Waals surface area contributed by atoms with Crippen LogP contribution in [0.15, 0.2) is 53.4 Å². The largest absolute Gasteiger partial charge is 0.325 e. The standard InChI is InChI=1S/C16H14N2O4S/c1-11(19)14-4-2-3-5-15(14)17-16(20)10-23-13-8-6-12(7-9-13)18(21)22/h2-9H,10H2,1H3,(H,17,20). The Morgan fingerprint density at radius 3 is 2.39 bits per heavy atom. The summed E-state index contributed by atoms with van der Waals surface area (Å²) in [5, 5.41) is 13.3. The SMILES string of the molecule is CC(=O)c1ccccc1NC(=O)CSc1ccc([N+](=O)[O-])cc1. The van der Waals surface area contributed by atoms with Gasteiger partial charge in [-0.1, -0.05) is 12.1 Å². The molecule has 0 unspecified atom stereocenters. The minimum Gasteiger partial charge on any atom is -0.325 e. The first-order valence-electron chi connectivity index (χ1n) is 6.74. The molecule has 1 N–H and O–H groups in total.